The van der Waals surface area contributed by atoms with E-state index < -0.39 is 0 Å². The molecular formula is C30H16. The van der Waals surface area contributed by atoms with E-state index in [1.165, 1.54) is 75.8 Å². The maximum Gasteiger partial charge on any atom is -0.00143 e. The number of hydrogen-bond donors (Lipinski definition) is 0. The smallest absolute Gasteiger partial charge is 0.00143 e. The highest BCUT2D eigenvalue weighted by Gasteiger charge is 2.18. The lowest BCUT2D eigenvalue weighted by Gasteiger charge is -2.20. The van der Waals surface area contributed by atoms with Gasteiger partial charge in [0.1, 0.15) is 0 Å². The van der Waals surface area contributed by atoms with Gasteiger partial charge in [-0.15, -0.1) is 0 Å². The first kappa shape index (κ1) is 15.0. The molecule has 0 aromatic heterocycles. The molecule has 0 spiro atoms. The first-order valence-electron chi connectivity index (χ1n) is 10.5. The van der Waals surface area contributed by atoms with E-state index in [2.05, 4.69) is 97.1 Å². The Balaban J connectivity index is 1.68. The van der Waals surface area contributed by atoms with E-state index in [1.807, 2.05) is 0 Å². The van der Waals surface area contributed by atoms with Crippen LogP contribution < -0.4 is 0 Å². The molecule has 11 rings (SSSR count). The molecule has 0 N–H and O–H groups in total. The maximum atomic E-state index is 2.45. The van der Waals surface area contributed by atoms with Crippen molar-refractivity contribution in [3.05, 3.63) is 97.1 Å². The summed E-state index contributed by atoms with van der Waals surface area (Å²) in [7, 11) is 0. The van der Waals surface area contributed by atoms with Gasteiger partial charge in [0, 0.05) is 0 Å². The maximum absolute atomic E-state index is 2.45. The molecule has 11 aromatic rings. The van der Waals surface area contributed by atoms with Crippen LogP contribution in [0.4, 0.5) is 0 Å². The van der Waals surface area contributed by atoms with Crippen molar-refractivity contribution in [2.45, 2.75) is 0 Å². The fraction of sp³-hybridized carbons (Fsp3) is 0. The molecule has 0 fully saturated rings. The molecule has 0 heterocycles. The Kier molecular flexibility index (Phi) is 2.49. The number of rotatable bonds is 1. The van der Waals surface area contributed by atoms with Gasteiger partial charge in [0.25, 0.3) is 0 Å². The topological polar surface area (TPSA) is 0 Å². The largest absolute Gasteiger partial charge is 0.0610 e. The van der Waals surface area contributed by atoms with Crippen LogP contribution >= 0.6 is 0 Å². The Bertz CT molecular complexity index is 1830. The second-order valence-electron chi connectivity index (χ2n) is 8.56. The zero-order valence-electron chi connectivity index (χ0n) is 16.2. The van der Waals surface area contributed by atoms with Crippen LogP contribution in [-0.2, 0) is 0 Å². The van der Waals surface area contributed by atoms with Gasteiger partial charge in [0.2, 0.25) is 0 Å². The van der Waals surface area contributed by atoms with Crippen molar-refractivity contribution in [2.75, 3.05) is 0 Å². The fourth-order valence-corrected chi connectivity index (χ4v) is 5.78. The van der Waals surface area contributed by atoms with Gasteiger partial charge in [-0.3, -0.25) is 0 Å². The first-order chi connectivity index (χ1) is 14.9. The molecule has 0 aliphatic carbocycles. The van der Waals surface area contributed by atoms with E-state index >= 15 is 0 Å². The standard InChI is InChI=1S/C30H16/c1-2-23-17-4-8-19(9-5-17)27(23)24(3-1)26-16-25-18-6-10-20(11-7-18)28(25)30-22-14-12-21(13-15-22)29(26)30/h1-16H. The van der Waals surface area contributed by atoms with Gasteiger partial charge in [-0.2, -0.15) is 0 Å². The van der Waals surface area contributed by atoms with Gasteiger partial charge in [-0.05, 0) is 81.8 Å². The summed E-state index contributed by atoms with van der Waals surface area (Å²) in [5.74, 6) is 0. The summed E-state index contributed by atoms with van der Waals surface area (Å²) in [5.41, 5.74) is 2.70. The summed E-state index contributed by atoms with van der Waals surface area (Å²) < 4.78 is 0. The van der Waals surface area contributed by atoms with Crippen LogP contribution in [0, 0.1) is 0 Å². The molecule has 30 heavy (non-hydrogen) atoms. The zero-order valence-corrected chi connectivity index (χ0v) is 16.2. The lowest BCUT2D eigenvalue weighted by molar-refractivity contribution is 1.73. The summed E-state index contributed by atoms with van der Waals surface area (Å²) in [5, 5.41) is 16.2. The Hall–Kier alpha value is -3.90. The van der Waals surface area contributed by atoms with Crippen LogP contribution in [0.3, 0.4) is 0 Å². The Morgan fingerprint density at radius 2 is 0.800 bits per heavy atom. The summed E-state index contributed by atoms with van der Waals surface area (Å²) in [6.07, 6.45) is 0. The van der Waals surface area contributed by atoms with Gasteiger partial charge in [-0.1, -0.05) is 91.0 Å². The van der Waals surface area contributed by atoms with Gasteiger partial charge in [-0.25, -0.2) is 0 Å². The van der Waals surface area contributed by atoms with Crippen LogP contribution in [0.1, 0.15) is 0 Å². The molecule has 0 heteroatoms. The molecule has 6 bridgehead atoms. The van der Waals surface area contributed by atoms with Gasteiger partial charge in [0.15, 0.2) is 0 Å². The van der Waals surface area contributed by atoms with E-state index in [0.717, 1.165) is 0 Å². The lowest BCUT2D eigenvalue weighted by Crippen LogP contribution is -1.92. The van der Waals surface area contributed by atoms with Gasteiger partial charge in [0.05, 0.1) is 0 Å². The molecule has 0 saturated heterocycles. The van der Waals surface area contributed by atoms with Crippen molar-refractivity contribution in [1.29, 1.82) is 0 Å². The monoisotopic (exact) mass is 376 g/mol. The molecule has 136 valence electrons. The van der Waals surface area contributed by atoms with Crippen LogP contribution in [0.5, 0.6) is 0 Å². The Labute approximate surface area is 173 Å². The Morgan fingerprint density at radius 1 is 0.300 bits per heavy atom. The van der Waals surface area contributed by atoms with Crippen LogP contribution in [0.15, 0.2) is 97.1 Å². The molecule has 0 aliphatic rings. The Morgan fingerprint density at radius 3 is 1.47 bits per heavy atom. The zero-order chi connectivity index (χ0) is 19.4. The number of hydrogen-bond acceptors (Lipinski definition) is 0. The van der Waals surface area contributed by atoms with E-state index in [4.69, 9.17) is 0 Å². The third kappa shape index (κ3) is 1.66. The normalized spacial score (nSPS) is 12.7. The van der Waals surface area contributed by atoms with Crippen LogP contribution in [-0.4, -0.2) is 0 Å². The number of fused-ring (bicyclic) bond motifs is 6. The molecule has 0 saturated carbocycles. The number of benzene rings is 11. The highest BCUT2D eigenvalue weighted by atomic mass is 14.2. The summed E-state index contributed by atoms with van der Waals surface area (Å²) >= 11 is 0. The van der Waals surface area contributed by atoms with Crippen LogP contribution in [0.25, 0.3) is 75.8 Å². The molecule has 0 amide bonds. The van der Waals surface area contributed by atoms with Crippen molar-refractivity contribution < 1.29 is 0 Å². The van der Waals surface area contributed by atoms with Crippen molar-refractivity contribution in [3.8, 4) is 11.1 Å². The summed E-state index contributed by atoms with van der Waals surface area (Å²) in [6, 6.07) is 36.4. The quantitative estimate of drug-likeness (QED) is 0.252. The highest BCUT2D eigenvalue weighted by molar-refractivity contribution is 6.34. The van der Waals surface area contributed by atoms with E-state index in [1.54, 1.807) is 0 Å². The third-order valence-corrected chi connectivity index (χ3v) is 7.11. The molecular weight excluding hydrogens is 360 g/mol. The minimum atomic E-state index is 1.31. The van der Waals surface area contributed by atoms with Crippen molar-refractivity contribution >= 4 is 64.6 Å². The molecule has 0 atom stereocenters. The summed E-state index contributed by atoms with van der Waals surface area (Å²) in [6.45, 7) is 0. The second-order valence-corrected chi connectivity index (χ2v) is 8.56. The highest BCUT2D eigenvalue weighted by Crippen LogP contribution is 2.46. The van der Waals surface area contributed by atoms with Gasteiger partial charge < -0.3 is 0 Å². The van der Waals surface area contributed by atoms with Crippen molar-refractivity contribution in [3.63, 3.8) is 0 Å². The third-order valence-electron chi connectivity index (χ3n) is 7.11. The minimum absolute atomic E-state index is 1.31. The fourth-order valence-electron chi connectivity index (χ4n) is 5.78. The molecule has 0 nitrogen and oxygen atoms in total. The molecule has 0 aliphatic heterocycles. The minimum Gasteiger partial charge on any atom is -0.0610 e. The van der Waals surface area contributed by atoms with Crippen molar-refractivity contribution in [1.82, 2.24) is 0 Å². The van der Waals surface area contributed by atoms with Gasteiger partial charge >= 0.3 is 0 Å². The average Bonchev–Trinajstić information content (AvgIpc) is 2.85. The first-order valence-corrected chi connectivity index (χ1v) is 10.5. The van der Waals surface area contributed by atoms with E-state index in [-0.39, 0.29) is 0 Å². The SMILES string of the molecule is c1cc(-c2cc3c4ccc(cc4)c3c3c4ccc(cc4)c23)c2c3ccc(cc3)c2c1. The molecule has 0 unspecified atom stereocenters. The second kappa shape index (κ2) is 4.98. The average molecular weight is 376 g/mol. The van der Waals surface area contributed by atoms with Crippen molar-refractivity contribution in [2.24, 2.45) is 0 Å². The van der Waals surface area contributed by atoms with Crippen LogP contribution in [0.2, 0.25) is 0 Å². The molecule has 0 radical (unpaired) electrons. The van der Waals surface area contributed by atoms with E-state index in [0.29, 0.717) is 0 Å². The summed E-state index contributed by atoms with van der Waals surface area (Å²) in [4.78, 5) is 0. The van der Waals surface area contributed by atoms with E-state index in [9.17, 15) is 0 Å². The lowest BCUT2D eigenvalue weighted by atomic mass is 9.83. The predicted octanol–water partition coefficient (Wildman–Crippen LogP) is 8.59. The molecule has 11 aromatic carbocycles. The predicted molar refractivity (Wildman–Crippen MR) is 130 cm³/mol.